The fourth-order valence-electron chi connectivity index (χ4n) is 2.82. The Bertz CT molecular complexity index is 901. The van der Waals surface area contributed by atoms with E-state index in [0.717, 1.165) is 22.3 Å². The Labute approximate surface area is 139 Å². The average Bonchev–Trinajstić information content (AvgIpc) is 2.56. The fraction of sp³-hybridized carbons (Fsp3) is 0.0526. The van der Waals surface area contributed by atoms with E-state index in [2.05, 4.69) is 0 Å². The summed E-state index contributed by atoms with van der Waals surface area (Å²) in [5.74, 6) is 0. The van der Waals surface area contributed by atoms with Gasteiger partial charge in [-0.15, -0.1) is 0 Å². The Morgan fingerprint density at radius 3 is 1.79 bits per heavy atom. The minimum absolute atomic E-state index is 0.0982. The van der Waals surface area contributed by atoms with E-state index >= 15 is 0 Å². The lowest BCUT2D eigenvalue weighted by atomic mass is 9.90. The Balaban J connectivity index is 2.29. The number of nitrogens with zero attached hydrogens (tertiary/aromatic N) is 1. The molecule has 5 heteroatoms. The van der Waals surface area contributed by atoms with Crippen molar-refractivity contribution in [3.05, 3.63) is 76.3 Å². The maximum Gasteiger partial charge on any atom is 0.272 e. The van der Waals surface area contributed by atoms with Crippen LogP contribution in [0.5, 0.6) is 0 Å². The number of hydrogen-bond acceptors (Lipinski definition) is 4. The van der Waals surface area contributed by atoms with E-state index in [1.807, 2.05) is 36.4 Å². The summed E-state index contributed by atoms with van der Waals surface area (Å²) in [5, 5.41) is 11.3. The Kier molecular flexibility index (Phi) is 3.92. The molecule has 0 radical (unpaired) electrons. The van der Waals surface area contributed by atoms with Crippen LogP contribution in [0.4, 0.5) is 17.1 Å². The minimum Gasteiger partial charge on any atom is -0.399 e. The predicted molar refractivity (Wildman–Crippen MR) is 97.5 cm³/mol. The van der Waals surface area contributed by atoms with E-state index in [0.29, 0.717) is 16.9 Å². The molecule has 0 aromatic heterocycles. The number of nitro benzene ring substituents is 1. The molecule has 0 aliphatic rings. The van der Waals surface area contributed by atoms with Gasteiger partial charge in [-0.05, 0) is 59.5 Å². The molecule has 0 atom stereocenters. The first-order valence-electron chi connectivity index (χ1n) is 7.47. The smallest absolute Gasteiger partial charge is 0.272 e. The number of rotatable bonds is 3. The van der Waals surface area contributed by atoms with Gasteiger partial charge in [0, 0.05) is 23.0 Å². The van der Waals surface area contributed by atoms with Gasteiger partial charge < -0.3 is 11.5 Å². The normalized spacial score (nSPS) is 10.5. The highest BCUT2D eigenvalue weighted by Crippen LogP contribution is 2.39. The van der Waals surface area contributed by atoms with Crippen LogP contribution in [0.15, 0.2) is 60.7 Å². The summed E-state index contributed by atoms with van der Waals surface area (Å²) in [6, 6.07) is 18.1. The van der Waals surface area contributed by atoms with E-state index in [1.54, 1.807) is 31.2 Å². The van der Waals surface area contributed by atoms with Gasteiger partial charge in [0.1, 0.15) is 0 Å². The van der Waals surface area contributed by atoms with E-state index in [9.17, 15) is 10.1 Å². The highest BCUT2D eigenvalue weighted by molar-refractivity contribution is 5.88. The number of nitrogens with two attached hydrogens (primary N) is 2. The van der Waals surface area contributed by atoms with Gasteiger partial charge in [-0.25, -0.2) is 0 Å². The SMILES string of the molecule is Cc1c([N+](=O)[O-])ccc(-c2ccc(N)cc2)c1-c1ccc(N)cc1. The molecule has 0 aliphatic heterocycles. The highest BCUT2D eigenvalue weighted by Gasteiger charge is 2.19. The molecule has 0 heterocycles. The predicted octanol–water partition coefficient (Wildman–Crippen LogP) is 4.40. The third-order valence-corrected chi connectivity index (χ3v) is 4.05. The molecule has 3 aromatic rings. The zero-order valence-electron chi connectivity index (χ0n) is 13.2. The molecular weight excluding hydrogens is 302 g/mol. The molecule has 0 unspecified atom stereocenters. The molecule has 0 bridgehead atoms. The van der Waals surface area contributed by atoms with Crippen molar-refractivity contribution in [1.29, 1.82) is 0 Å². The quantitative estimate of drug-likeness (QED) is 0.425. The summed E-state index contributed by atoms with van der Waals surface area (Å²) in [6.45, 7) is 1.77. The van der Waals surface area contributed by atoms with Crippen LogP contribution in [0, 0.1) is 17.0 Å². The van der Waals surface area contributed by atoms with Gasteiger partial charge in [0.25, 0.3) is 5.69 Å². The van der Waals surface area contributed by atoms with Crippen LogP contribution in [-0.2, 0) is 0 Å². The van der Waals surface area contributed by atoms with Crippen LogP contribution >= 0.6 is 0 Å². The zero-order valence-corrected chi connectivity index (χ0v) is 13.2. The molecule has 0 spiro atoms. The van der Waals surface area contributed by atoms with Gasteiger partial charge in [-0.3, -0.25) is 10.1 Å². The lowest BCUT2D eigenvalue weighted by molar-refractivity contribution is -0.385. The summed E-state index contributed by atoms with van der Waals surface area (Å²) in [6.07, 6.45) is 0. The van der Waals surface area contributed by atoms with Crippen molar-refractivity contribution >= 4 is 17.1 Å². The third-order valence-electron chi connectivity index (χ3n) is 4.05. The molecule has 5 nitrogen and oxygen atoms in total. The molecule has 0 amide bonds. The molecule has 0 saturated heterocycles. The van der Waals surface area contributed by atoms with Crippen molar-refractivity contribution in [3.8, 4) is 22.3 Å². The summed E-state index contributed by atoms with van der Waals surface area (Å²) in [4.78, 5) is 11.0. The van der Waals surface area contributed by atoms with Gasteiger partial charge >= 0.3 is 0 Å². The number of benzene rings is 3. The highest BCUT2D eigenvalue weighted by atomic mass is 16.6. The maximum absolute atomic E-state index is 11.3. The Hall–Kier alpha value is -3.34. The number of anilines is 2. The Morgan fingerprint density at radius 2 is 1.29 bits per heavy atom. The van der Waals surface area contributed by atoms with E-state index in [4.69, 9.17) is 11.5 Å². The van der Waals surface area contributed by atoms with Crippen molar-refractivity contribution in [3.63, 3.8) is 0 Å². The molecule has 0 aliphatic carbocycles. The second kappa shape index (κ2) is 6.04. The number of hydrogen-bond donors (Lipinski definition) is 2. The van der Waals surface area contributed by atoms with Gasteiger partial charge in [0.05, 0.1) is 4.92 Å². The van der Waals surface area contributed by atoms with Crippen molar-refractivity contribution in [1.82, 2.24) is 0 Å². The van der Waals surface area contributed by atoms with Crippen LogP contribution in [0.25, 0.3) is 22.3 Å². The molecule has 4 N–H and O–H groups in total. The van der Waals surface area contributed by atoms with Crippen molar-refractivity contribution in [2.45, 2.75) is 6.92 Å². The molecule has 0 fully saturated rings. The van der Waals surface area contributed by atoms with Gasteiger partial charge in [-0.2, -0.15) is 0 Å². The van der Waals surface area contributed by atoms with E-state index < -0.39 is 0 Å². The lowest BCUT2D eigenvalue weighted by Gasteiger charge is -2.14. The molecule has 24 heavy (non-hydrogen) atoms. The second-order valence-corrected chi connectivity index (χ2v) is 5.63. The summed E-state index contributed by atoms with van der Waals surface area (Å²) in [5.41, 5.74) is 17.2. The van der Waals surface area contributed by atoms with E-state index in [-0.39, 0.29) is 10.6 Å². The third kappa shape index (κ3) is 2.79. The first-order valence-corrected chi connectivity index (χ1v) is 7.47. The van der Waals surface area contributed by atoms with Crippen LogP contribution in [0.2, 0.25) is 0 Å². The van der Waals surface area contributed by atoms with Gasteiger partial charge in [-0.1, -0.05) is 24.3 Å². The molecule has 120 valence electrons. The van der Waals surface area contributed by atoms with Crippen molar-refractivity contribution in [2.75, 3.05) is 11.5 Å². The van der Waals surface area contributed by atoms with Gasteiger partial charge in [0.2, 0.25) is 0 Å². The van der Waals surface area contributed by atoms with Gasteiger partial charge in [0.15, 0.2) is 0 Å². The van der Waals surface area contributed by atoms with Crippen LogP contribution in [0.3, 0.4) is 0 Å². The molecular formula is C19H17N3O2. The number of nitro groups is 1. The minimum atomic E-state index is -0.358. The maximum atomic E-state index is 11.3. The topological polar surface area (TPSA) is 95.2 Å². The molecule has 0 saturated carbocycles. The summed E-state index contributed by atoms with van der Waals surface area (Å²) >= 11 is 0. The van der Waals surface area contributed by atoms with Crippen LogP contribution in [0.1, 0.15) is 5.56 Å². The fourth-order valence-corrected chi connectivity index (χ4v) is 2.82. The van der Waals surface area contributed by atoms with E-state index in [1.165, 1.54) is 0 Å². The Morgan fingerprint density at radius 1 is 0.792 bits per heavy atom. The van der Waals surface area contributed by atoms with Crippen LogP contribution in [-0.4, -0.2) is 4.92 Å². The monoisotopic (exact) mass is 319 g/mol. The second-order valence-electron chi connectivity index (χ2n) is 5.63. The first-order chi connectivity index (χ1) is 11.5. The molecule has 3 aromatic carbocycles. The van der Waals surface area contributed by atoms with Crippen molar-refractivity contribution in [2.24, 2.45) is 0 Å². The number of nitrogen functional groups attached to an aromatic ring is 2. The molecule has 3 rings (SSSR count). The van der Waals surface area contributed by atoms with Crippen LogP contribution < -0.4 is 11.5 Å². The van der Waals surface area contributed by atoms with Crippen molar-refractivity contribution < 1.29 is 4.92 Å². The largest absolute Gasteiger partial charge is 0.399 e. The summed E-state index contributed by atoms with van der Waals surface area (Å²) < 4.78 is 0. The first kappa shape index (κ1) is 15.6. The average molecular weight is 319 g/mol. The summed E-state index contributed by atoms with van der Waals surface area (Å²) in [7, 11) is 0. The standard InChI is InChI=1S/C19H17N3O2/c1-12-18(22(23)24)11-10-17(13-2-6-15(20)7-3-13)19(12)14-4-8-16(21)9-5-14/h2-11H,20-21H2,1H3. The zero-order chi connectivity index (χ0) is 17.3. The lowest BCUT2D eigenvalue weighted by Crippen LogP contribution is -1.97.